The predicted octanol–water partition coefficient (Wildman–Crippen LogP) is 4.01. The number of aliphatic hydroxyl groups excluding tert-OH is 4. The van der Waals surface area contributed by atoms with Crippen molar-refractivity contribution in [3.05, 3.63) is 0 Å². The summed E-state index contributed by atoms with van der Waals surface area (Å²) >= 11 is 0. The minimum atomic E-state index is -0.155. The fourth-order valence-electron chi connectivity index (χ4n) is 7.11. The molecule has 4 fully saturated rings. The average molecular weight is 631 g/mol. The highest BCUT2D eigenvalue weighted by atomic mass is 16.5. The second kappa shape index (κ2) is 23.9. The van der Waals surface area contributed by atoms with Gasteiger partial charge in [0.15, 0.2) is 0 Å². The van der Waals surface area contributed by atoms with Crippen molar-refractivity contribution in [2.45, 2.75) is 157 Å². The highest BCUT2D eigenvalue weighted by molar-refractivity contribution is 4.90. The molecule has 1 aliphatic heterocycles. The Morgan fingerprint density at radius 2 is 0.636 bits per heavy atom. The van der Waals surface area contributed by atoms with E-state index in [9.17, 15) is 10.2 Å². The molecule has 9 heteroatoms. The van der Waals surface area contributed by atoms with Crippen molar-refractivity contribution in [3.63, 3.8) is 0 Å². The van der Waals surface area contributed by atoms with Crippen molar-refractivity contribution in [1.82, 2.24) is 21.3 Å². The third-order valence-electron chi connectivity index (χ3n) is 11.1. The maximum absolute atomic E-state index is 9.30. The van der Waals surface area contributed by atoms with Gasteiger partial charge in [-0.2, -0.15) is 0 Å². The van der Waals surface area contributed by atoms with Crippen molar-refractivity contribution in [1.29, 1.82) is 0 Å². The molecule has 1 heterocycles. The molecule has 44 heavy (non-hydrogen) atoms. The summed E-state index contributed by atoms with van der Waals surface area (Å²) in [6.45, 7) is 2.53. The predicted molar refractivity (Wildman–Crippen MR) is 183 cm³/mol. The number of ether oxygens (including phenoxy) is 1. The van der Waals surface area contributed by atoms with Gasteiger partial charge in [0.05, 0.1) is 38.6 Å². The molecule has 9 nitrogen and oxygen atoms in total. The molecule has 8 N–H and O–H groups in total. The summed E-state index contributed by atoms with van der Waals surface area (Å²) in [6, 6.07) is 0. The Labute approximate surface area is 271 Å². The average Bonchev–Trinajstić information content (AvgIpc) is 3.07. The van der Waals surface area contributed by atoms with E-state index in [0.717, 1.165) is 58.0 Å². The molecule has 4 aliphatic rings. The van der Waals surface area contributed by atoms with Crippen LogP contribution in [0.15, 0.2) is 0 Å². The van der Waals surface area contributed by atoms with Crippen LogP contribution in [0.2, 0.25) is 0 Å². The molecule has 0 bridgehead atoms. The van der Waals surface area contributed by atoms with E-state index in [0.29, 0.717) is 26.4 Å². The molecule has 1 saturated heterocycles. The number of likely N-dealkylation sites (N-methyl/N-ethyl adjacent to an activating group) is 4. The maximum Gasteiger partial charge on any atom is 0.0670 e. The largest absolute Gasteiger partial charge is 0.394 e. The third-order valence-corrected chi connectivity index (χ3v) is 11.1. The van der Waals surface area contributed by atoms with Gasteiger partial charge in [-0.1, -0.05) is 83.5 Å². The number of nitrogens with one attached hydrogen (secondary N) is 4. The number of hydrogen-bond donors (Lipinski definition) is 8. The second-order valence-electron chi connectivity index (χ2n) is 14.0. The van der Waals surface area contributed by atoms with Crippen LogP contribution in [-0.4, -0.2) is 110 Å². The summed E-state index contributed by atoms with van der Waals surface area (Å²) in [5.74, 6) is 0. The summed E-state index contributed by atoms with van der Waals surface area (Å²) in [4.78, 5) is 0. The van der Waals surface area contributed by atoms with Gasteiger partial charge in [0.25, 0.3) is 0 Å². The lowest BCUT2D eigenvalue weighted by Gasteiger charge is -2.35. The molecule has 1 atom stereocenters. The van der Waals surface area contributed by atoms with Crippen LogP contribution in [0.3, 0.4) is 0 Å². The minimum Gasteiger partial charge on any atom is -0.394 e. The van der Waals surface area contributed by atoms with E-state index < -0.39 is 0 Å². The van der Waals surface area contributed by atoms with E-state index in [1.807, 2.05) is 28.2 Å². The van der Waals surface area contributed by atoms with E-state index in [2.05, 4.69) is 21.3 Å². The Bertz CT molecular complexity index is 576. The van der Waals surface area contributed by atoms with Gasteiger partial charge in [-0.25, -0.2) is 0 Å². The number of rotatable bonds is 8. The van der Waals surface area contributed by atoms with Gasteiger partial charge >= 0.3 is 0 Å². The Morgan fingerprint density at radius 1 is 0.386 bits per heavy atom. The summed E-state index contributed by atoms with van der Waals surface area (Å²) in [7, 11) is 7.75. The molecule has 0 aromatic carbocycles. The lowest BCUT2D eigenvalue weighted by Crippen LogP contribution is -2.52. The van der Waals surface area contributed by atoms with E-state index in [-0.39, 0.29) is 28.8 Å². The molecule has 0 unspecified atom stereocenters. The lowest BCUT2D eigenvalue weighted by molar-refractivity contribution is -0.00351. The molecular weight excluding hydrogens is 556 g/mol. The first-order chi connectivity index (χ1) is 21.3. The second-order valence-corrected chi connectivity index (χ2v) is 14.0. The Hall–Kier alpha value is -0.360. The highest BCUT2D eigenvalue weighted by Gasteiger charge is 2.31. The molecule has 3 saturated carbocycles. The van der Waals surface area contributed by atoms with Crippen molar-refractivity contribution < 1.29 is 25.2 Å². The van der Waals surface area contributed by atoms with Crippen molar-refractivity contribution >= 4 is 0 Å². The zero-order valence-corrected chi connectivity index (χ0v) is 29.3. The van der Waals surface area contributed by atoms with Crippen LogP contribution in [0.25, 0.3) is 0 Å². The van der Waals surface area contributed by atoms with Crippen LogP contribution in [0.1, 0.15) is 135 Å². The van der Waals surface area contributed by atoms with Crippen molar-refractivity contribution in [2.24, 2.45) is 0 Å². The third kappa shape index (κ3) is 15.0. The first-order valence-electron chi connectivity index (χ1n) is 18.1. The van der Waals surface area contributed by atoms with E-state index >= 15 is 0 Å². The molecule has 0 radical (unpaired) electrons. The summed E-state index contributed by atoms with van der Waals surface area (Å²) < 4.78 is 5.24. The Balaban J connectivity index is 0.000000294. The Morgan fingerprint density at radius 3 is 0.841 bits per heavy atom. The number of hydrogen-bond acceptors (Lipinski definition) is 9. The van der Waals surface area contributed by atoms with Gasteiger partial charge in [-0.05, 0) is 79.6 Å². The molecule has 0 aromatic rings. The van der Waals surface area contributed by atoms with Crippen LogP contribution in [0.4, 0.5) is 0 Å². The fraction of sp³-hybridized carbons (Fsp3) is 1.00. The zero-order valence-electron chi connectivity index (χ0n) is 29.3. The number of aliphatic hydroxyl groups is 4. The Kier molecular flexibility index (Phi) is 22.6. The molecule has 0 aromatic heterocycles. The quantitative estimate of drug-likeness (QED) is 0.200. The topological polar surface area (TPSA) is 138 Å². The van der Waals surface area contributed by atoms with Gasteiger partial charge in [0.1, 0.15) is 0 Å². The van der Waals surface area contributed by atoms with Gasteiger partial charge < -0.3 is 46.4 Å². The molecular formula is C35H74N4O5. The van der Waals surface area contributed by atoms with Crippen molar-refractivity contribution in [2.75, 3.05) is 67.8 Å². The standard InChI is InChI=1S/2C10H21NO.C8H17NO.C7H15NO2/c2*1-11-10(9-12)7-5-3-2-4-6-8-10;1-9-8(7-10)5-3-2-4-6-8;1-8-7(5-9)3-2-4-10-6-7/h2*11-12H,2-9H2,1H3;9-10H,2-7H2,1H3;8-9H,2-6H2,1H3/t;;;7-/m...0/s1. The molecule has 3 aliphatic carbocycles. The van der Waals surface area contributed by atoms with E-state index in [4.69, 9.17) is 14.9 Å². The minimum absolute atomic E-state index is 0.0421. The maximum atomic E-state index is 9.30. The normalized spacial score (nSPS) is 26.7. The monoisotopic (exact) mass is 631 g/mol. The summed E-state index contributed by atoms with van der Waals surface area (Å²) in [5, 5.41) is 49.5. The van der Waals surface area contributed by atoms with Gasteiger partial charge in [0, 0.05) is 23.2 Å². The lowest BCUT2D eigenvalue weighted by atomic mass is 9.82. The van der Waals surface area contributed by atoms with Crippen molar-refractivity contribution in [3.8, 4) is 0 Å². The molecule has 0 spiro atoms. The van der Waals surface area contributed by atoms with Gasteiger partial charge in [-0.15, -0.1) is 0 Å². The van der Waals surface area contributed by atoms with Crippen LogP contribution < -0.4 is 21.3 Å². The fourth-order valence-corrected chi connectivity index (χ4v) is 7.11. The first kappa shape index (κ1) is 41.7. The van der Waals surface area contributed by atoms with E-state index in [1.54, 1.807) is 0 Å². The summed E-state index contributed by atoms with van der Waals surface area (Å²) in [6.07, 6.45) is 25.9. The van der Waals surface area contributed by atoms with Crippen LogP contribution in [0, 0.1) is 0 Å². The van der Waals surface area contributed by atoms with Crippen LogP contribution >= 0.6 is 0 Å². The molecule has 264 valence electrons. The molecule has 4 rings (SSSR count). The zero-order chi connectivity index (χ0) is 32.6. The van der Waals surface area contributed by atoms with Gasteiger partial charge in [-0.3, -0.25) is 0 Å². The van der Waals surface area contributed by atoms with Gasteiger partial charge in [0.2, 0.25) is 0 Å². The van der Waals surface area contributed by atoms with Crippen LogP contribution in [-0.2, 0) is 4.74 Å². The smallest absolute Gasteiger partial charge is 0.0670 e. The molecule has 0 amide bonds. The van der Waals surface area contributed by atoms with E-state index in [1.165, 1.54) is 83.5 Å². The highest BCUT2D eigenvalue weighted by Crippen LogP contribution is 2.28. The first-order valence-corrected chi connectivity index (χ1v) is 18.1. The SMILES string of the molecule is CNC1(CO)CCCCC1.CNC1(CO)CCCCCCC1.CNC1(CO)CCCCCCC1.CN[C@]1(CO)CCCOC1. The summed E-state index contributed by atoms with van der Waals surface area (Å²) in [5.41, 5.74) is -0.00264. The van der Waals surface area contributed by atoms with Crippen LogP contribution in [0.5, 0.6) is 0 Å².